The second kappa shape index (κ2) is 4.67. The smallest absolute Gasteiger partial charge is 0.0233 e. The standard InChI is InChI=1S/C13H18BrN/c1-13(10-14)7-8-15(11-13)9-12-5-3-2-4-6-12/h2-6H,7-11H2,1H3. The monoisotopic (exact) mass is 267 g/mol. The number of alkyl halides is 1. The molecule has 0 amide bonds. The van der Waals surface area contributed by atoms with Crippen molar-refractivity contribution in [3.8, 4) is 0 Å². The Labute approximate surface area is 101 Å². The first-order chi connectivity index (χ1) is 7.22. The molecule has 82 valence electrons. The lowest BCUT2D eigenvalue weighted by Crippen LogP contribution is -2.25. The van der Waals surface area contributed by atoms with E-state index >= 15 is 0 Å². The van der Waals surface area contributed by atoms with Crippen LogP contribution in [0.4, 0.5) is 0 Å². The average Bonchev–Trinajstić information content (AvgIpc) is 2.63. The van der Waals surface area contributed by atoms with Gasteiger partial charge in [0.25, 0.3) is 0 Å². The van der Waals surface area contributed by atoms with Crippen LogP contribution in [-0.4, -0.2) is 23.3 Å². The van der Waals surface area contributed by atoms with Gasteiger partial charge in [0.1, 0.15) is 0 Å². The zero-order valence-corrected chi connectivity index (χ0v) is 10.8. The molecule has 0 saturated carbocycles. The zero-order valence-electron chi connectivity index (χ0n) is 9.25. The highest BCUT2D eigenvalue weighted by Crippen LogP contribution is 2.32. The Hall–Kier alpha value is -0.340. The number of halogens is 1. The highest BCUT2D eigenvalue weighted by molar-refractivity contribution is 9.09. The van der Waals surface area contributed by atoms with E-state index in [0.717, 1.165) is 11.9 Å². The summed E-state index contributed by atoms with van der Waals surface area (Å²) in [6.07, 6.45) is 1.31. The first kappa shape index (κ1) is 11.2. The molecular weight excluding hydrogens is 250 g/mol. The molecule has 0 N–H and O–H groups in total. The Morgan fingerprint density at radius 3 is 2.67 bits per heavy atom. The molecule has 1 fully saturated rings. The van der Waals surface area contributed by atoms with Gasteiger partial charge in [-0.15, -0.1) is 0 Å². The molecule has 1 aliphatic rings. The predicted octanol–water partition coefficient (Wildman–Crippen LogP) is 3.29. The lowest BCUT2D eigenvalue weighted by atomic mass is 9.93. The van der Waals surface area contributed by atoms with Crippen molar-refractivity contribution in [3.05, 3.63) is 35.9 Å². The van der Waals surface area contributed by atoms with Crippen molar-refractivity contribution >= 4 is 15.9 Å². The van der Waals surface area contributed by atoms with Gasteiger partial charge in [-0.2, -0.15) is 0 Å². The van der Waals surface area contributed by atoms with Crippen molar-refractivity contribution in [1.82, 2.24) is 4.90 Å². The van der Waals surface area contributed by atoms with E-state index in [1.165, 1.54) is 25.1 Å². The summed E-state index contributed by atoms with van der Waals surface area (Å²) in [5, 5.41) is 1.12. The summed E-state index contributed by atoms with van der Waals surface area (Å²) in [5.74, 6) is 0. The number of likely N-dealkylation sites (tertiary alicyclic amines) is 1. The Morgan fingerprint density at radius 2 is 2.07 bits per heavy atom. The fourth-order valence-corrected chi connectivity index (χ4v) is 2.67. The molecule has 0 aromatic heterocycles. The lowest BCUT2D eigenvalue weighted by molar-refractivity contribution is 0.288. The SMILES string of the molecule is CC1(CBr)CCN(Cc2ccccc2)C1. The van der Waals surface area contributed by atoms with E-state index in [2.05, 4.69) is 58.1 Å². The van der Waals surface area contributed by atoms with Gasteiger partial charge < -0.3 is 0 Å². The van der Waals surface area contributed by atoms with Gasteiger partial charge in [-0.05, 0) is 23.9 Å². The molecule has 0 aliphatic carbocycles. The maximum Gasteiger partial charge on any atom is 0.0233 e. The number of rotatable bonds is 3. The maximum atomic E-state index is 3.62. The topological polar surface area (TPSA) is 3.24 Å². The Bertz CT molecular complexity index is 312. The average molecular weight is 268 g/mol. The molecule has 1 aliphatic heterocycles. The van der Waals surface area contributed by atoms with Crippen LogP contribution in [0.3, 0.4) is 0 Å². The van der Waals surface area contributed by atoms with Crippen molar-refractivity contribution in [1.29, 1.82) is 0 Å². The van der Waals surface area contributed by atoms with Crippen LogP contribution < -0.4 is 0 Å². The Kier molecular flexibility index (Phi) is 3.47. The molecule has 1 aromatic rings. The third-order valence-corrected chi connectivity index (χ3v) is 4.56. The fraction of sp³-hybridized carbons (Fsp3) is 0.538. The van der Waals surface area contributed by atoms with Gasteiger partial charge >= 0.3 is 0 Å². The van der Waals surface area contributed by atoms with Crippen molar-refractivity contribution < 1.29 is 0 Å². The van der Waals surface area contributed by atoms with E-state index < -0.39 is 0 Å². The molecule has 2 rings (SSSR count). The molecule has 1 nitrogen and oxygen atoms in total. The van der Waals surface area contributed by atoms with E-state index in [1.54, 1.807) is 0 Å². The molecule has 0 radical (unpaired) electrons. The van der Waals surface area contributed by atoms with Gasteiger partial charge in [-0.1, -0.05) is 53.2 Å². The van der Waals surface area contributed by atoms with E-state index in [4.69, 9.17) is 0 Å². The quantitative estimate of drug-likeness (QED) is 0.760. The van der Waals surface area contributed by atoms with E-state index in [0.29, 0.717) is 5.41 Å². The van der Waals surface area contributed by atoms with Gasteiger partial charge in [-0.3, -0.25) is 4.90 Å². The Balaban J connectivity index is 1.93. The van der Waals surface area contributed by atoms with Gasteiger partial charge in [0.2, 0.25) is 0 Å². The number of hydrogen-bond donors (Lipinski definition) is 0. The summed E-state index contributed by atoms with van der Waals surface area (Å²) in [5.41, 5.74) is 1.91. The third kappa shape index (κ3) is 2.82. The third-order valence-electron chi connectivity index (χ3n) is 3.21. The lowest BCUT2D eigenvalue weighted by Gasteiger charge is -2.21. The molecule has 1 unspecified atom stereocenters. The van der Waals surface area contributed by atoms with E-state index in [9.17, 15) is 0 Å². The van der Waals surface area contributed by atoms with E-state index in [-0.39, 0.29) is 0 Å². The minimum absolute atomic E-state index is 0.481. The number of nitrogens with zero attached hydrogens (tertiary/aromatic N) is 1. The summed E-state index contributed by atoms with van der Waals surface area (Å²) in [4.78, 5) is 2.55. The van der Waals surface area contributed by atoms with Gasteiger partial charge in [-0.25, -0.2) is 0 Å². The summed E-state index contributed by atoms with van der Waals surface area (Å²) >= 11 is 3.62. The zero-order chi connectivity index (χ0) is 10.7. The van der Waals surface area contributed by atoms with Crippen LogP contribution in [0.1, 0.15) is 18.9 Å². The summed E-state index contributed by atoms with van der Waals surface area (Å²) in [6, 6.07) is 10.7. The molecule has 0 spiro atoms. The van der Waals surface area contributed by atoms with Crippen LogP contribution in [0.25, 0.3) is 0 Å². The predicted molar refractivity (Wildman–Crippen MR) is 68.2 cm³/mol. The van der Waals surface area contributed by atoms with Crippen molar-refractivity contribution in [2.75, 3.05) is 18.4 Å². The first-order valence-corrected chi connectivity index (χ1v) is 6.66. The minimum atomic E-state index is 0.481. The fourth-order valence-electron chi connectivity index (χ4n) is 2.21. The molecule has 2 heteroatoms. The summed E-state index contributed by atoms with van der Waals surface area (Å²) in [6.45, 7) is 5.92. The highest BCUT2D eigenvalue weighted by Gasteiger charge is 2.32. The first-order valence-electron chi connectivity index (χ1n) is 5.54. The van der Waals surface area contributed by atoms with Gasteiger partial charge in [0.15, 0.2) is 0 Å². The molecule has 1 saturated heterocycles. The number of hydrogen-bond acceptors (Lipinski definition) is 1. The molecule has 1 atom stereocenters. The molecule has 1 aromatic carbocycles. The normalized spacial score (nSPS) is 27.1. The summed E-state index contributed by atoms with van der Waals surface area (Å²) < 4.78 is 0. The second-order valence-electron chi connectivity index (χ2n) is 4.89. The molecule has 1 heterocycles. The molecule has 15 heavy (non-hydrogen) atoms. The van der Waals surface area contributed by atoms with Gasteiger partial charge in [0, 0.05) is 18.4 Å². The summed E-state index contributed by atoms with van der Waals surface area (Å²) in [7, 11) is 0. The van der Waals surface area contributed by atoms with Crippen molar-refractivity contribution in [3.63, 3.8) is 0 Å². The Morgan fingerprint density at radius 1 is 1.33 bits per heavy atom. The van der Waals surface area contributed by atoms with Crippen molar-refractivity contribution in [2.24, 2.45) is 5.41 Å². The van der Waals surface area contributed by atoms with Crippen LogP contribution in [0.15, 0.2) is 30.3 Å². The molecular formula is C13H18BrN. The highest BCUT2D eigenvalue weighted by atomic mass is 79.9. The van der Waals surface area contributed by atoms with Gasteiger partial charge in [0.05, 0.1) is 0 Å². The van der Waals surface area contributed by atoms with Crippen LogP contribution in [0.2, 0.25) is 0 Å². The van der Waals surface area contributed by atoms with Crippen molar-refractivity contribution in [2.45, 2.75) is 19.9 Å². The van der Waals surface area contributed by atoms with Crippen LogP contribution in [0, 0.1) is 5.41 Å². The number of benzene rings is 1. The second-order valence-corrected chi connectivity index (χ2v) is 5.45. The van der Waals surface area contributed by atoms with E-state index in [1.807, 2.05) is 0 Å². The largest absolute Gasteiger partial charge is 0.298 e. The van der Waals surface area contributed by atoms with Crippen LogP contribution in [-0.2, 0) is 6.54 Å². The van der Waals surface area contributed by atoms with Crippen LogP contribution >= 0.6 is 15.9 Å². The maximum absolute atomic E-state index is 3.62. The van der Waals surface area contributed by atoms with Crippen LogP contribution in [0.5, 0.6) is 0 Å². The molecule has 0 bridgehead atoms. The minimum Gasteiger partial charge on any atom is -0.298 e.